The van der Waals surface area contributed by atoms with Crippen molar-refractivity contribution < 1.29 is 9.50 Å². The van der Waals surface area contributed by atoms with Crippen molar-refractivity contribution in [2.75, 3.05) is 26.2 Å². The summed E-state index contributed by atoms with van der Waals surface area (Å²) in [4.78, 5) is 2.17. The highest BCUT2D eigenvalue weighted by molar-refractivity contribution is 9.10. The predicted octanol–water partition coefficient (Wildman–Crippen LogP) is 3.10. The van der Waals surface area contributed by atoms with Gasteiger partial charge in [0.15, 0.2) is 0 Å². The van der Waals surface area contributed by atoms with Gasteiger partial charge in [-0.1, -0.05) is 0 Å². The van der Waals surface area contributed by atoms with Crippen LogP contribution in [0.5, 0.6) is 5.75 Å². The van der Waals surface area contributed by atoms with Crippen molar-refractivity contribution in [1.29, 1.82) is 0 Å². The molecular weight excluding hydrogens is 358 g/mol. The summed E-state index contributed by atoms with van der Waals surface area (Å²) in [6.07, 6.45) is 0. The van der Waals surface area contributed by atoms with Gasteiger partial charge in [-0.25, -0.2) is 4.39 Å². The van der Waals surface area contributed by atoms with Gasteiger partial charge in [0.05, 0.1) is 4.47 Å². The van der Waals surface area contributed by atoms with E-state index in [4.69, 9.17) is 0 Å². The first kappa shape index (κ1) is 18.9. The molecule has 1 atom stereocenters. The number of hydrogen-bond donors (Lipinski definition) is 2. The van der Waals surface area contributed by atoms with E-state index in [1.54, 1.807) is 0 Å². The zero-order chi connectivity index (χ0) is 12.4. The van der Waals surface area contributed by atoms with Gasteiger partial charge in [0.1, 0.15) is 11.6 Å². The Labute approximate surface area is 133 Å². The number of nitrogens with zero attached hydrogens (tertiary/aromatic N) is 1. The minimum Gasteiger partial charge on any atom is -0.506 e. The highest BCUT2D eigenvalue weighted by Crippen LogP contribution is 2.36. The van der Waals surface area contributed by atoms with E-state index in [0.29, 0.717) is 10.0 Å². The number of aromatic hydroxyl groups is 1. The maximum atomic E-state index is 13.8. The van der Waals surface area contributed by atoms with Crippen LogP contribution < -0.4 is 5.32 Å². The molecule has 1 aromatic carbocycles. The predicted molar refractivity (Wildman–Crippen MR) is 83.1 cm³/mol. The Morgan fingerprint density at radius 3 is 2.47 bits per heavy atom. The second-order valence-corrected chi connectivity index (χ2v) is 5.11. The molecule has 3 nitrogen and oxygen atoms in total. The molecule has 0 spiro atoms. The summed E-state index contributed by atoms with van der Waals surface area (Å²) in [5, 5.41) is 13.2. The van der Waals surface area contributed by atoms with Crippen molar-refractivity contribution in [3.05, 3.63) is 28.0 Å². The number of benzene rings is 1. The molecule has 1 aliphatic rings. The average Bonchev–Trinajstić information content (AvgIpc) is 2.35. The Kier molecular flexibility index (Phi) is 8.24. The molecule has 0 aliphatic carbocycles. The lowest BCUT2D eigenvalue weighted by Gasteiger charge is -2.33. The number of nitrogens with one attached hydrogen (secondary N) is 1. The summed E-state index contributed by atoms with van der Waals surface area (Å²) in [7, 11) is 0. The third-order valence-corrected chi connectivity index (χ3v) is 3.87. The van der Waals surface area contributed by atoms with Crippen molar-refractivity contribution in [3.63, 3.8) is 0 Å². The zero-order valence-corrected chi connectivity index (χ0v) is 13.7. The molecule has 1 saturated heterocycles. The van der Waals surface area contributed by atoms with Crippen LogP contribution in [0.15, 0.2) is 16.6 Å². The Balaban J connectivity index is 0.00000162. The number of phenols is 1. The molecule has 19 heavy (non-hydrogen) atoms. The molecule has 110 valence electrons. The van der Waals surface area contributed by atoms with E-state index in [2.05, 4.69) is 26.1 Å². The molecule has 0 bridgehead atoms. The third-order valence-electron chi connectivity index (χ3n) is 3.23. The summed E-state index contributed by atoms with van der Waals surface area (Å²) >= 11 is 3.22. The largest absolute Gasteiger partial charge is 0.506 e. The van der Waals surface area contributed by atoms with E-state index < -0.39 is 0 Å². The lowest BCUT2D eigenvalue weighted by Crippen LogP contribution is -2.44. The first-order valence-electron chi connectivity index (χ1n) is 5.73. The van der Waals surface area contributed by atoms with Crippen molar-refractivity contribution in [2.24, 2.45) is 0 Å². The molecular formula is C12H18BrCl2FN2O. The van der Waals surface area contributed by atoms with Crippen molar-refractivity contribution >= 4 is 40.7 Å². The number of rotatable bonds is 2. The summed E-state index contributed by atoms with van der Waals surface area (Å²) in [5.74, 6) is -0.340. The molecule has 0 amide bonds. The standard InChI is InChI=1S/C12H16BrFN2O.2ClH/c1-8(16-6-4-15-5-7-16)11-10(14)3-2-9(13)12(11)17;;/h2-3,8,15,17H,4-7H2,1H3;2*1H/t8-;;/m0../s1. The number of piperazine rings is 1. The first-order chi connectivity index (χ1) is 8.11. The fraction of sp³-hybridized carbons (Fsp3) is 0.500. The Hall–Kier alpha value is -0.0700. The van der Waals surface area contributed by atoms with Crippen molar-refractivity contribution in [3.8, 4) is 5.75 Å². The minimum absolute atomic E-state index is 0. The topological polar surface area (TPSA) is 35.5 Å². The van der Waals surface area contributed by atoms with Crippen LogP contribution >= 0.6 is 40.7 Å². The number of phenolic OH excluding ortho intramolecular Hbond substituents is 1. The monoisotopic (exact) mass is 374 g/mol. The van der Waals surface area contributed by atoms with E-state index in [-0.39, 0.29) is 42.4 Å². The van der Waals surface area contributed by atoms with E-state index >= 15 is 0 Å². The molecule has 0 radical (unpaired) electrons. The van der Waals surface area contributed by atoms with E-state index in [9.17, 15) is 9.50 Å². The lowest BCUT2D eigenvalue weighted by atomic mass is 10.0. The molecule has 1 fully saturated rings. The van der Waals surface area contributed by atoms with Gasteiger partial charge in [0.25, 0.3) is 0 Å². The second-order valence-electron chi connectivity index (χ2n) is 4.25. The molecule has 1 aliphatic heterocycles. The maximum absolute atomic E-state index is 13.8. The molecule has 7 heteroatoms. The molecule has 0 saturated carbocycles. The fourth-order valence-electron chi connectivity index (χ4n) is 2.21. The lowest BCUT2D eigenvalue weighted by molar-refractivity contribution is 0.179. The Morgan fingerprint density at radius 1 is 1.32 bits per heavy atom. The number of hydrogen-bond acceptors (Lipinski definition) is 3. The van der Waals surface area contributed by atoms with Crippen LogP contribution in [0.3, 0.4) is 0 Å². The smallest absolute Gasteiger partial charge is 0.137 e. The van der Waals surface area contributed by atoms with Crippen LogP contribution in [0, 0.1) is 5.82 Å². The normalized spacial score (nSPS) is 17.2. The minimum atomic E-state index is -0.350. The van der Waals surface area contributed by atoms with Crippen LogP contribution in [-0.4, -0.2) is 36.2 Å². The van der Waals surface area contributed by atoms with Crippen LogP contribution in [-0.2, 0) is 0 Å². The van der Waals surface area contributed by atoms with E-state index in [0.717, 1.165) is 26.2 Å². The van der Waals surface area contributed by atoms with Gasteiger partial charge in [-0.15, -0.1) is 24.8 Å². The molecule has 1 aromatic rings. The summed E-state index contributed by atoms with van der Waals surface area (Å²) in [6.45, 7) is 5.47. The van der Waals surface area contributed by atoms with Gasteiger partial charge < -0.3 is 10.4 Å². The van der Waals surface area contributed by atoms with Crippen LogP contribution in [0.2, 0.25) is 0 Å². The molecule has 2 rings (SSSR count). The molecule has 0 aromatic heterocycles. The second kappa shape index (κ2) is 8.27. The van der Waals surface area contributed by atoms with Gasteiger partial charge in [-0.3, -0.25) is 4.90 Å². The average molecular weight is 376 g/mol. The van der Waals surface area contributed by atoms with Gasteiger partial charge in [0.2, 0.25) is 0 Å². The van der Waals surface area contributed by atoms with Gasteiger partial charge >= 0.3 is 0 Å². The Morgan fingerprint density at radius 2 is 1.89 bits per heavy atom. The van der Waals surface area contributed by atoms with E-state index in [1.165, 1.54) is 12.1 Å². The van der Waals surface area contributed by atoms with Gasteiger partial charge in [-0.2, -0.15) is 0 Å². The quantitative estimate of drug-likeness (QED) is 0.833. The summed E-state index contributed by atoms with van der Waals surface area (Å²) in [5.41, 5.74) is 0.376. The van der Waals surface area contributed by atoms with Gasteiger partial charge in [0, 0.05) is 37.8 Å². The number of halogens is 4. The fourth-order valence-corrected chi connectivity index (χ4v) is 2.55. The molecule has 0 unspecified atom stereocenters. The van der Waals surface area contributed by atoms with Gasteiger partial charge in [-0.05, 0) is 35.0 Å². The molecule has 1 heterocycles. The van der Waals surface area contributed by atoms with Crippen LogP contribution in [0.1, 0.15) is 18.5 Å². The van der Waals surface area contributed by atoms with Crippen LogP contribution in [0.25, 0.3) is 0 Å². The first-order valence-corrected chi connectivity index (χ1v) is 6.52. The summed E-state index contributed by atoms with van der Waals surface area (Å²) in [6, 6.07) is 2.80. The van der Waals surface area contributed by atoms with Crippen molar-refractivity contribution in [1.82, 2.24) is 10.2 Å². The van der Waals surface area contributed by atoms with Crippen LogP contribution in [0.4, 0.5) is 4.39 Å². The highest BCUT2D eigenvalue weighted by Gasteiger charge is 2.24. The Bertz CT molecular complexity index is 417. The third kappa shape index (κ3) is 4.20. The van der Waals surface area contributed by atoms with Crippen molar-refractivity contribution in [2.45, 2.75) is 13.0 Å². The highest BCUT2D eigenvalue weighted by atomic mass is 79.9. The SMILES string of the molecule is C[C@@H](c1c(F)ccc(Br)c1O)N1CCNCC1.Cl.Cl. The summed E-state index contributed by atoms with van der Waals surface area (Å²) < 4.78 is 14.4. The molecule has 2 N–H and O–H groups in total. The van der Waals surface area contributed by atoms with E-state index in [1.807, 2.05) is 6.92 Å². The maximum Gasteiger partial charge on any atom is 0.137 e. The zero-order valence-electron chi connectivity index (χ0n) is 10.5.